The molecule has 0 aromatic carbocycles. The van der Waals surface area contributed by atoms with E-state index in [0.29, 0.717) is 25.7 Å². The summed E-state index contributed by atoms with van der Waals surface area (Å²) in [5, 5.41) is 35.0. The van der Waals surface area contributed by atoms with Gasteiger partial charge in [-0.1, -0.05) is 20.4 Å². The molecule has 4 aliphatic carbocycles. The van der Waals surface area contributed by atoms with Crippen molar-refractivity contribution in [1.29, 1.82) is 0 Å². The summed E-state index contributed by atoms with van der Waals surface area (Å²) in [4.78, 5) is 25.8. The van der Waals surface area contributed by atoms with Crippen LogP contribution in [0.1, 0.15) is 46.5 Å². The van der Waals surface area contributed by atoms with E-state index < -0.39 is 76.1 Å². The van der Waals surface area contributed by atoms with E-state index in [1.54, 1.807) is 0 Å². The van der Waals surface area contributed by atoms with Gasteiger partial charge in [0.25, 0.3) is 0 Å². The SMILES string of the molecule is C=C1C(=O)[C@]23[C@H](O)[C@@H]1CC[C@H]2[C@@]12[C@H](OC)O[C@@]3(O)[C@@H](O)[C@@H]1C(C)(C)CC[C@@H]2OC(C)=O. The van der Waals surface area contributed by atoms with Crippen LogP contribution in [0.3, 0.4) is 0 Å². The second-order valence-corrected chi connectivity index (χ2v) is 10.8. The number of rotatable bonds is 2. The van der Waals surface area contributed by atoms with E-state index >= 15 is 0 Å². The van der Waals surface area contributed by atoms with Gasteiger partial charge in [0.15, 0.2) is 12.1 Å². The smallest absolute Gasteiger partial charge is 0.302 e. The van der Waals surface area contributed by atoms with Crippen molar-refractivity contribution in [3.63, 3.8) is 0 Å². The zero-order valence-corrected chi connectivity index (χ0v) is 18.5. The predicted molar refractivity (Wildman–Crippen MR) is 106 cm³/mol. The highest BCUT2D eigenvalue weighted by molar-refractivity contribution is 6.05. The molecule has 4 bridgehead atoms. The van der Waals surface area contributed by atoms with Crippen LogP contribution in [0.15, 0.2) is 12.2 Å². The second-order valence-electron chi connectivity index (χ2n) is 10.8. The summed E-state index contributed by atoms with van der Waals surface area (Å²) in [6.07, 6.45) is -2.28. The van der Waals surface area contributed by atoms with E-state index in [4.69, 9.17) is 14.2 Å². The van der Waals surface area contributed by atoms with Gasteiger partial charge in [0, 0.05) is 25.9 Å². The van der Waals surface area contributed by atoms with Crippen LogP contribution in [-0.2, 0) is 23.8 Å². The van der Waals surface area contributed by atoms with E-state index in [0.717, 1.165) is 0 Å². The van der Waals surface area contributed by atoms with Gasteiger partial charge in [0.1, 0.15) is 17.6 Å². The van der Waals surface area contributed by atoms with E-state index in [1.807, 2.05) is 13.8 Å². The molecule has 6 rings (SSSR count). The van der Waals surface area contributed by atoms with Gasteiger partial charge in [-0.3, -0.25) is 9.59 Å². The number of hydrogen-bond donors (Lipinski definition) is 3. The fourth-order valence-electron chi connectivity index (χ4n) is 8.52. The lowest BCUT2D eigenvalue weighted by molar-refractivity contribution is -0.509. The van der Waals surface area contributed by atoms with Gasteiger partial charge in [-0.15, -0.1) is 0 Å². The Morgan fingerprint density at radius 2 is 1.87 bits per heavy atom. The van der Waals surface area contributed by atoms with Crippen molar-refractivity contribution in [2.75, 3.05) is 7.11 Å². The maximum absolute atomic E-state index is 13.7. The average molecular weight is 437 g/mol. The summed E-state index contributed by atoms with van der Waals surface area (Å²) in [6, 6.07) is 0. The quantitative estimate of drug-likeness (QED) is 0.431. The lowest BCUT2D eigenvalue weighted by atomic mass is 9.35. The Kier molecular flexibility index (Phi) is 4.28. The molecule has 8 heteroatoms. The second kappa shape index (κ2) is 6.17. The van der Waals surface area contributed by atoms with Crippen LogP contribution in [0.5, 0.6) is 0 Å². The number of esters is 1. The number of ether oxygens (including phenoxy) is 3. The fourth-order valence-corrected chi connectivity index (χ4v) is 8.52. The molecule has 6 aliphatic rings. The van der Waals surface area contributed by atoms with Crippen LogP contribution < -0.4 is 0 Å². The average Bonchev–Trinajstić information content (AvgIpc) is 2.80. The number of aliphatic hydroxyl groups excluding tert-OH is 2. The Morgan fingerprint density at radius 3 is 2.48 bits per heavy atom. The number of methoxy groups -OCH3 is 1. The minimum atomic E-state index is -2.34. The van der Waals surface area contributed by atoms with Gasteiger partial charge in [-0.2, -0.15) is 0 Å². The largest absolute Gasteiger partial charge is 0.462 e. The van der Waals surface area contributed by atoms with Gasteiger partial charge in [-0.05, 0) is 42.6 Å². The summed E-state index contributed by atoms with van der Waals surface area (Å²) in [7, 11) is 1.45. The van der Waals surface area contributed by atoms with Crippen molar-refractivity contribution < 1.29 is 39.1 Å². The molecule has 2 heterocycles. The standard InChI is InChI=1S/C23H32O8/c1-10-12-6-7-13-21-14(30-11(2)24)8-9-20(3,4)15(21)18(27)23(28,31-19(21)29-5)22(13,16(10)25)17(12)26/h12-15,17-19,26-28H,1,6-9H2,2-5H3/t12-,13+,14+,15-,17-,18+,19-,21+,22+,23+/m1/s1. The highest BCUT2D eigenvalue weighted by Crippen LogP contribution is 2.78. The molecule has 0 amide bonds. The first-order chi connectivity index (χ1) is 14.4. The molecule has 2 aliphatic heterocycles. The number of Topliss-reactive ketones (excluding diaryl/α,β-unsaturated/α-hetero) is 1. The maximum Gasteiger partial charge on any atom is 0.302 e. The molecule has 2 spiro atoms. The monoisotopic (exact) mass is 436 g/mol. The minimum absolute atomic E-state index is 0.257. The predicted octanol–water partition coefficient (Wildman–Crippen LogP) is 0.919. The number of ketones is 1. The topological polar surface area (TPSA) is 123 Å². The first-order valence-corrected chi connectivity index (χ1v) is 11.1. The molecule has 8 nitrogen and oxygen atoms in total. The molecular formula is C23H32O8. The molecule has 0 unspecified atom stereocenters. The third-order valence-corrected chi connectivity index (χ3v) is 9.40. The van der Waals surface area contributed by atoms with Crippen molar-refractivity contribution in [1.82, 2.24) is 0 Å². The van der Waals surface area contributed by atoms with Crippen LogP contribution >= 0.6 is 0 Å². The Hall–Kier alpha value is -1.32. The molecule has 10 atom stereocenters. The number of carbonyl (C=O) groups is 2. The lowest BCUT2D eigenvalue weighted by Gasteiger charge is -2.76. The molecule has 4 saturated carbocycles. The van der Waals surface area contributed by atoms with Gasteiger partial charge >= 0.3 is 5.97 Å². The van der Waals surface area contributed by atoms with E-state index in [2.05, 4.69) is 6.58 Å². The molecule has 0 radical (unpaired) electrons. The van der Waals surface area contributed by atoms with Gasteiger partial charge in [0.2, 0.25) is 5.79 Å². The van der Waals surface area contributed by atoms with Crippen LogP contribution in [-0.4, -0.2) is 64.6 Å². The van der Waals surface area contributed by atoms with Gasteiger partial charge < -0.3 is 29.5 Å². The third kappa shape index (κ3) is 2.05. The Morgan fingerprint density at radius 1 is 1.19 bits per heavy atom. The molecular weight excluding hydrogens is 404 g/mol. The summed E-state index contributed by atoms with van der Waals surface area (Å²) in [5.41, 5.74) is -3.10. The molecule has 6 fully saturated rings. The number of hydrogen-bond acceptors (Lipinski definition) is 8. The highest BCUT2D eigenvalue weighted by Gasteiger charge is 2.89. The normalized spacial score (nSPS) is 54.4. The summed E-state index contributed by atoms with van der Waals surface area (Å²) in [5.74, 6) is -4.97. The van der Waals surface area contributed by atoms with Crippen LogP contribution in [0.4, 0.5) is 0 Å². The zero-order valence-electron chi connectivity index (χ0n) is 18.5. The van der Waals surface area contributed by atoms with Crippen LogP contribution in [0.2, 0.25) is 0 Å². The molecule has 3 N–H and O–H groups in total. The Balaban J connectivity index is 1.84. The first kappa shape index (κ1) is 21.5. The fraction of sp³-hybridized carbons (Fsp3) is 0.826. The molecule has 2 saturated heterocycles. The highest BCUT2D eigenvalue weighted by atomic mass is 16.8. The van der Waals surface area contributed by atoms with Crippen molar-refractivity contribution in [2.45, 2.75) is 76.8 Å². The van der Waals surface area contributed by atoms with Crippen molar-refractivity contribution in [2.24, 2.45) is 34.0 Å². The van der Waals surface area contributed by atoms with Crippen LogP contribution in [0.25, 0.3) is 0 Å². The zero-order chi connectivity index (χ0) is 22.7. The van der Waals surface area contributed by atoms with Crippen molar-refractivity contribution in [3.05, 3.63) is 12.2 Å². The van der Waals surface area contributed by atoms with E-state index in [1.165, 1.54) is 14.0 Å². The first-order valence-electron chi connectivity index (χ1n) is 11.1. The molecule has 0 aromatic rings. The number of aliphatic hydroxyl groups is 3. The van der Waals surface area contributed by atoms with Gasteiger partial charge in [0.05, 0.1) is 11.5 Å². The Bertz CT molecular complexity index is 868. The number of carbonyl (C=O) groups excluding carboxylic acids is 2. The minimum Gasteiger partial charge on any atom is -0.462 e. The lowest BCUT2D eigenvalue weighted by Crippen LogP contribution is -2.88. The Labute approximate surface area is 181 Å². The molecule has 31 heavy (non-hydrogen) atoms. The van der Waals surface area contributed by atoms with Crippen LogP contribution in [0, 0.1) is 34.0 Å². The maximum atomic E-state index is 13.7. The summed E-state index contributed by atoms with van der Waals surface area (Å²) >= 11 is 0. The summed E-state index contributed by atoms with van der Waals surface area (Å²) < 4.78 is 17.6. The van der Waals surface area contributed by atoms with E-state index in [-0.39, 0.29) is 5.57 Å². The van der Waals surface area contributed by atoms with Crippen molar-refractivity contribution >= 4 is 11.8 Å². The van der Waals surface area contributed by atoms with Crippen molar-refractivity contribution in [3.8, 4) is 0 Å². The number of fused-ring (bicyclic) bond motifs is 2. The van der Waals surface area contributed by atoms with Gasteiger partial charge in [-0.25, -0.2) is 0 Å². The molecule has 172 valence electrons. The summed E-state index contributed by atoms with van der Waals surface area (Å²) in [6.45, 7) is 9.26. The third-order valence-electron chi connectivity index (χ3n) is 9.40. The molecule has 0 aromatic heterocycles. The van der Waals surface area contributed by atoms with E-state index in [9.17, 15) is 24.9 Å².